The van der Waals surface area contributed by atoms with E-state index in [-0.39, 0.29) is 6.04 Å². The predicted octanol–water partition coefficient (Wildman–Crippen LogP) is 4.46. The molecule has 1 fully saturated rings. The molecule has 1 aromatic rings. The van der Waals surface area contributed by atoms with Gasteiger partial charge in [-0.15, -0.1) is 0 Å². The molecule has 1 aliphatic rings. The summed E-state index contributed by atoms with van der Waals surface area (Å²) in [5.41, 5.74) is 1.00. The lowest BCUT2D eigenvalue weighted by atomic mass is 10.1. The van der Waals surface area contributed by atoms with Gasteiger partial charge in [-0.25, -0.2) is 0 Å². The summed E-state index contributed by atoms with van der Waals surface area (Å²) < 4.78 is 0. The molecule has 1 aliphatic carbocycles. The maximum atomic E-state index is 6.19. The van der Waals surface area contributed by atoms with Crippen molar-refractivity contribution in [2.45, 2.75) is 44.7 Å². The molecule has 2 rings (SSSR count). The van der Waals surface area contributed by atoms with Crippen LogP contribution >= 0.6 is 35.4 Å². The Kier molecular flexibility index (Phi) is 5.31. The minimum absolute atomic E-state index is 0.0613. The average Bonchev–Trinajstić information content (AvgIpc) is 2.81. The van der Waals surface area contributed by atoms with Crippen LogP contribution in [-0.2, 0) is 0 Å². The molecule has 0 saturated heterocycles. The fourth-order valence-electron chi connectivity index (χ4n) is 2.42. The molecule has 104 valence electrons. The summed E-state index contributed by atoms with van der Waals surface area (Å²) in [6, 6.07) is 6.11. The molecule has 0 spiro atoms. The Bertz CT molecular complexity index is 459. The Balaban J connectivity index is 1.92. The van der Waals surface area contributed by atoms with E-state index in [1.807, 2.05) is 19.1 Å². The van der Waals surface area contributed by atoms with Crippen molar-refractivity contribution >= 4 is 40.5 Å². The van der Waals surface area contributed by atoms with E-state index < -0.39 is 0 Å². The zero-order valence-corrected chi connectivity index (χ0v) is 13.2. The largest absolute Gasteiger partial charge is 0.360 e. The Hall–Kier alpha value is -0.510. The molecule has 0 aromatic heterocycles. The predicted molar refractivity (Wildman–Crippen MR) is 86.0 cm³/mol. The topological polar surface area (TPSA) is 24.1 Å². The van der Waals surface area contributed by atoms with Gasteiger partial charge in [-0.05, 0) is 49.7 Å². The van der Waals surface area contributed by atoms with Crippen molar-refractivity contribution in [1.82, 2.24) is 10.6 Å². The molecule has 2 N–H and O–H groups in total. The van der Waals surface area contributed by atoms with Gasteiger partial charge in [0, 0.05) is 16.1 Å². The molecule has 1 aromatic carbocycles. The number of halogens is 2. The first-order valence-corrected chi connectivity index (χ1v) is 7.74. The van der Waals surface area contributed by atoms with Crippen molar-refractivity contribution < 1.29 is 0 Å². The lowest BCUT2D eigenvalue weighted by Crippen LogP contribution is -2.41. The Morgan fingerprint density at radius 1 is 1.32 bits per heavy atom. The van der Waals surface area contributed by atoms with E-state index in [1.54, 1.807) is 6.07 Å². The summed E-state index contributed by atoms with van der Waals surface area (Å²) in [6.07, 6.45) is 4.99. The van der Waals surface area contributed by atoms with Crippen LogP contribution in [0.1, 0.15) is 44.2 Å². The first-order chi connectivity index (χ1) is 9.06. The van der Waals surface area contributed by atoms with E-state index in [0.29, 0.717) is 21.2 Å². The number of rotatable bonds is 3. The SMILES string of the molecule is CC(NC(=S)NC1CCCC1)c1ccc(Cl)cc1Cl. The van der Waals surface area contributed by atoms with Crippen molar-refractivity contribution in [3.05, 3.63) is 33.8 Å². The van der Waals surface area contributed by atoms with Crippen LogP contribution in [0.4, 0.5) is 0 Å². The molecule has 1 unspecified atom stereocenters. The van der Waals surface area contributed by atoms with Crippen molar-refractivity contribution in [1.29, 1.82) is 0 Å². The highest BCUT2D eigenvalue weighted by molar-refractivity contribution is 7.80. The molecular weight excluding hydrogens is 299 g/mol. The summed E-state index contributed by atoms with van der Waals surface area (Å²) in [4.78, 5) is 0. The second-order valence-electron chi connectivity index (χ2n) is 4.99. The summed E-state index contributed by atoms with van der Waals surface area (Å²) in [7, 11) is 0. The minimum Gasteiger partial charge on any atom is -0.360 e. The molecular formula is C14H18Cl2N2S. The van der Waals surface area contributed by atoms with Crippen molar-refractivity contribution in [3.63, 3.8) is 0 Å². The van der Waals surface area contributed by atoms with Gasteiger partial charge in [0.15, 0.2) is 5.11 Å². The van der Waals surface area contributed by atoms with Gasteiger partial charge in [0.2, 0.25) is 0 Å². The van der Waals surface area contributed by atoms with Crippen molar-refractivity contribution in [3.8, 4) is 0 Å². The summed E-state index contributed by atoms with van der Waals surface area (Å²) in [5.74, 6) is 0. The molecule has 5 heteroatoms. The Labute approximate surface area is 129 Å². The van der Waals surface area contributed by atoms with Crippen LogP contribution in [0.2, 0.25) is 10.0 Å². The van der Waals surface area contributed by atoms with Crippen LogP contribution in [0, 0.1) is 0 Å². The van der Waals surface area contributed by atoms with Crippen LogP contribution < -0.4 is 10.6 Å². The first-order valence-electron chi connectivity index (χ1n) is 6.58. The summed E-state index contributed by atoms with van der Waals surface area (Å²) in [5, 5.41) is 8.65. The molecule has 2 nitrogen and oxygen atoms in total. The monoisotopic (exact) mass is 316 g/mol. The lowest BCUT2D eigenvalue weighted by molar-refractivity contribution is 0.606. The van der Waals surface area contributed by atoms with Gasteiger partial charge in [0.25, 0.3) is 0 Å². The van der Waals surface area contributed by atoms with E-state index in [1.165, 1.54) is 25.7 Å². The fourth-order valence-corrected chi connectivity index (χ4v) is 3.34. The number of nitrogens with one attached hydrogen (secondary N) is 2. The van der Waals surface area contributed by atoms with E-state index in [4.69, 9.17) is 35.4 Å². The Morgan fingerprint density at radius 2 is 2.00 bits per heavy atom. The summed E-state index contributed by atoms with van der Waals surface area (Å²) in [6.45, 7) is 2.04. The van der Waals surface area contributed by atoms with Crippen LogP contribution in [-0.4, -0.2) is 11.2 Å². The smallest absolute Gasteiger partial charge is 0.166 e. The zero-order valence-electron chi connectivity index (χ0n) is 10.9. The number of thiocarbonyl (C=S) groups is 1. The molecule has 0 radical (unpaired) electrons. The second kappa shape index (κ2) is 6.78. The quantitative estimate of drug-likeness (QED) is 0.805. The third-order valence-corrected chi connectivity index (χ3v) is 4.27. The van der Waals surface area contributed by atoms with Gasteiger partial charge in [-0.1, -0.05) is 42.1 Å². The zero-order chi connectivity index (χ0) is 13.8. The third kappa shape index (κ3) is 4.23. The van der Waals surface area contributed by atoms with Crippen LogP contribution in [0.15, 0.2) is 18.2 Å². The molecule has 1 atom stereocenters. The maximum Gasteiger partial charge on any atom is 0.166 e. The van der Waals surface area contributed by atoms with Crippen LogP contribution in [0.3, 0.4) is 0 Å². The standard InChI is InChI=1S/C14H18Cl2N2S/c1-9(12-7-6-10(15)8-13(12)16)17-14(19)18-11-4-2-3-5-11/h6-9,11H,2-5H2,1H3,(H2,17,18,19). The van der Waals surface area contributed by atoms with Gasteiger partial charge in [0.1, 0.15) is 0 Å². The summed E-state index contributed by atoms with van der Waals surface area (Å²) >= 11 is 17.4. The van der Waals surface area contributed by atoms with Gasteiger partial charge < -0.3 is 10.6 Å². The lowest BCUT2D eigenvalue weighted by Gasteiger charge is -2.21. The van der Waals surface area contributed by atoms with E-state index in [2.05, 4.69) is 10.6 Å². The fraction of sp³-hybridized carbons (Fsp3) is 0.500. The van der Waals surface area contributed by atoms with Gasteiger partial charge in [-0.3, -0.25) is 0 Å². The highest BCUT2D eigenvalue weighted by Crippen LogP contribution is 2.26. The number of hydrogen-bond acceptors (Lipinski definition) is 1. The van der Waals surface area contributed by atoms with Gasteiger partial charge in [0.05, 0.1) is 6.04 Å². The maximum absolute atomic E-state index is 6.19. The Morgan fingerprint density at radius 3 is 2.63 bits per heavy atom. The molecule has 19 heavy (non-hydrogen) atoms. The van der Waals surface area contributed by atoms with E-state index in [0.717, 1.165) is 5.56 Å². The van der Waals surface area contributed by atoms with E-state index in [9.17, 15) is 0 Å². The van der Waals surface area contributed by atoms with Crippen molar-refractivity contribution in [2.75, 3.05) is 0 Å². The van der Waals surface area contributed by atoms with Crippen LogP contribution in [0.25, 0.3) is 0 Å². The number of hydrogen-bond donors (Lipinski definition) is 2. The molecule has 0 heterocycles. The van der Waals surface area contributed by atoms with Gasteiger partial charge in [-0.2, -0.15) is 0 Å². The molecule has 0 amide bonds. The molecule has 0 aliphatic heterocycles. The molecule has 1 saturated carbocycles. The van der Waals surface area contributed by atoms with Crippen LogP contribution in [0.5, 0.6) is 0 Å². The molecule has 0 bridgehead atoms. The van der Waals surface area contributed by atoms with E-state index >= 15 is 0 Å². The van der Waals surface area contributed by atoms with Crippen molar-refractivity contribution in [2.24, 2.45) is 0 Å². The first kappa shape index (κ1) is 14.9. The third-order valence-electron chi connectivity index (χ3n) is 3.47. The second-order valence-corrected chi connectivity index (χ2v) is 6.24. The average molecular weight is 317 g/mol. The highest BCUT2D eigenvalue weighted by atomic mass is 35.5. The number of benzene rings is 1. The normalized spacial score (nSPS) is 17.2. The highest BCUT2D eigenvalue weighted by Gasteiger charge is 2.17. The minimum atomic E-state index is 0.0613. The van der Waals surface area contributed by atoms with Gasteiger partial charge >= 0.3 is 0 Å².